The van der Waals surface area contributed by atoms with Crippen LogP contribution in [0.4, 0.5) is 4.39 Å². The summed E-state index contributed by atoms with van der Waals surface area (Å²) in [6.07, 6.45) is 7.67. The van der Waals surface area contributed by atoms with E-state index in [1.165, 1.54) is 12.1 Å². The van der Waals surface area contributed by atoms with Crippen LogP contribution in [0, 0.1) is 17.7 Å². The van der Waals surface area contributed by atoms with Gasteiger partial charge in [-0.15, -0.1) is 13.2 Å². The van der Waals surface area contributed by atoms with Gasteiger partial charge in [-0.3, -0.25) is 14.4 Å². The molecule has 0 unspecified atom stereocenters. The molecule has 0 aliphatic rings. The topological polar surface area (TPSA) is 121 Å². The summed E-state index contributed by atoms with van der Waals surface area (Å²) >= 11 is 0. The molecule has 4 rings (SSSR count). The second kappa shape index (κ2) is 19.1. The monoisotopic (exact) mass is 667 g/mol. The summed E-state index contributed by atoms with van der Waals surface area (Å²) in [6, 6.07) is 22.3. The first-order valence-corrected chi connectivity index (χ1v) is 16.7. The molecule has 8 nitrogen and oxygen atoms in total. The van der Waals surface area contributed by atoms with E-state index >= 15 is 0 Å². The van der Waals surface area contributed by atoms with Gasteiger partial charge in [-0.1, -0.05) is 72.8 Å². The number of nitrogens with one attached hydrogen (secondary N) is 3. The number of H-pyrrole nitrogens is 1. The maximum Gasteiger partial charge on any atom is 0.309 e. The molecule has 2 amide bonds. The Bertz CT molecular complexity index is 1670. The molecule has 0 aliphatic heterocycles. The van der Waals surface area contributed by atoms with Gasteiger partial charge < -0.3 is 25.5 Å². The fraction of sp³-hybridized carbons (Fsp3) is 0.325. The van der Waals surface area contributed by atoms with E-state index in [0.717, 1.165) is 27.6 Å². The highest BCUT2D eigenvalue weighted by atomic mass is 19.1. The van der Waals surface area contributed by atoms with E-state index in [1.807, 2.05) is 60.8 Å². The van der Waals surface area contributed by atoms with Crippen molar-refractivity contribution in [2.24, 2.45) is 11.8 Å². The average Bonchev–Trinajstić information content (AvgIpc) is 3.52. The van der Waals surface area contributed by atoms with Crippen LogP contribution >= 0.6 is 0 Å². The Morgan fingerprint density at radius 1 is 0.837 bits per heavy atom. The Morgan fingerprint density at radius 2 is 1.55 bits per heavy atom. The first-order chi connectivity index (χ1) is 23.8. The highest BCUT2D eigenvalue weighted by Gasteiger charge is 2.27. The van der Waals surface area contributed by atoms with Crippen LogP contribution in [0.15, 0.2) is 110 Å². The van der Waals surface area contributed by atoms with Crippen LogP contribution in [0.1, 0.15) is 42.4 Å². The van der Waals surface area contributed by atoms with Crippen LogP contribution in [-0.2, 0) is 38.4 Å². The summed E-state index contributed by atoms with van der Waals surface area (Å²) in [5.74, 6) is -2.71. The molecular formula is C40H46FN3O5. The van der Waals surface area contributed by atoms with Gasteiger partial charge in [-0.05, 0) is 73.4 Å². The van der Waals surface area contributed by atoms with Crippen LogP contribution in [0.25, 0.3) is 10.9 Å². The standard InChI is InChI=1S/C40H46FN3O5/c1-3-5-14-31(21-29-17-19-33(41)20-18-29)40(48)49-27-35(23-32-25-42-37-16-10-9-15-36(32)37)44-39(47)30(11-4-2)24-38(46)43-34(26-45)22-28-12-7-6-8-13-28/h3-4,6-10,12-13,15-20,25,30-31,34-35,42,45H,1-2,5,11,14,21-24,26-27H2,(H,43,46)(H,44,47)/t30-,31-,34+,35-/m0/s1. The van der Waals surface area contributed by atoms with Crippen molar-refractivity contribution in [3.8, 4) is 0 Å². The maximum atomic E-state index is 13.7. The SMILES string of the molecule is C=CCC[C@@H](Cc1ccc(F)cc1)C(=O)OC[C@H](Cc1c[nH]c2ccccc12)NC(=O)[C@@H](CC=C)CC(=O)N[C@@H](CO)Cc1ccccc1. The van der Waals surface area contributed by atoms with Gasteiger partial charge in [0.15, 0.2) is 0 Å². The van der Waals surface area contributed by atoms with Gasteiger partial charge in [0, 0.05) is 23.5 Å². The van der Waals surface area contributed by atoms with Crippen LogP contribution in [0.5, 0.6) is 0 Å². The number of aliphatic hydroxyl groups excluding tert-OH is 1. The Kier molecular flexibility index (Phi) is 14.3. The quantitative estimate of drug-likeness (QED) is 0.0681. The van der Waals surface area contributed by atoms with Crippen LogP contribution in [0.2, 0.25) is 0 Å². The molecule has 4 aromatic rings. The molecule has 9 heteroatoms. The number of fused-ring (bicyclic) bond motifs is 1. The summed E-state index contributed by atoms with van der Waals surface area (Å²) in [5, 5.41) is 16.8. The van der Waals surface area contributed by atoms with E-state index in [4.69, 9.17) is 4.74 Å². The van der Waals surface area contributed by atoms with Gasteiger partial charge in [0.05, 0.1) is 30.5 Å². The molecule has 4 N–H and O–H groups in total. The van der Waals surface area contributed by atoms with Crippen molar-refractivity contribution < 1.29 is 28.6 Å². The van der Waals surface area contributed by atoms with Gasteiger partial charge >= 0.3 is 5.97 Å². The minimum absolute atomic E-state index is 0.0885. The number of esters is 1. The number of ether oxygens (including phenoxy) is 1. The summed E-state index contributed by atoms with van der Waals surface area (Å²) in [5.41, 5.74) is 3.67. The third-order valence-corrected chi connectivity index (χ3v) is 8.53. The lowest BCUT2D eigenvalue weighted by Crippen LogP contribution is -2.45. The van der Waals surface area contributed by atoms with E-state index in [0.29, 0.717) is 32.1 Å². The van der Waals surface area contributed by atoms with Gasteiger partial charge in [-0.25, -0.2) is 4.39 Å². The van der Waals surface area contributed by atoms with Crippen molar-refractivity contribution in [2.75, 3.05) is 13.2 Å². The molecule has 0 bridgehead atoms. The number of amides is 2. The molecule has 4 atom stereocenters. The van der Waals surface area contributed by atoms with E-state index in [2.05, 4.69) is 28.8 Å². The molecule has 0 saturated heterocycles. The number of rotatable bonds is 20. The molecule has 0 aliphatic carbocycles. The summed E-state index contributed by atoms with van der Waals surface area (Å²) in [4.78, 5) is 43.5. The fourth-order valence-corrected chi connectivity index (χ4v) is 5.92. The van der Waals surface area contributed by atoms with Gasteiger partial charge in [0.1, 0.15) is 12.4 Å². The normalized spacial score (nSPS) is 13.5. The lowest BCUT2D eigenvalue weighted by atomic mass is 9.94. The predicted octanol–water partition coefficient (Wildman–Crippen LogP) is 6.00. The number of hydrogen-bond acceptors (Lipinski definition) is 5. The Morgan fingerprint density at radius 3 is 2.27 bits per heavy atom. The first kappa shape index (κ1) is 36.8. The third kappa shape index (κ3) is 11.6. The first-order valence-electron chi connectivity index (χ1n) is 16.7. The van der Waals surface area contributed by atoms with Gasteiger partial charge in [0.25, 0.3) is 0 Å². The van der Waals surface area contributed by atoms with E-state index in [9.17, 15) is 23.9 Å². The summed E-state index contributed by atoms with van der Waals surface area (Å²) in [7, 11) is 0. The smallest absolute Gasteiger partial charge is 0.309 e. The summed E-state index contributed by atoms with van der Waals surface area (Å²) < 4.78 is 19.4. The average molecular weight is 668 g/mol. The third-order valence-electron chi connectivity index (χ3n) is 8.53. The number of aromatic amines is 1. The van der Waals surface area contributed by atoms with Crippen molar-refractivity contribution in [1.29, 1.82) is 0 Å². The molecular weight excluding hydrogens is 621 g/mol. The summed E-state index contributed by atoms with van der Waals surface area (Å²) in [6.45, 7) is 7.23. The molecule has 1 aromatic heterocycles. The lowest BCUT2D eigenvalue weighted by Gasteiger charge is -2.24. The minimum atomic E-state index is -0.728. The number of aliphatic hydroxyl groups is 1. The molecule has 3 aromatic carbocycles. The van der Waals surface area contributed by atoms with E-state index in [1.54, 1.807) is 24.3 Å². The Balaban J connectivity index is 1.46. The second-order valence-corrected chi connectivity index (χ2v) is 12.4. The second-order valence-electron chi connectivity index (χ2n) is 12.4. The highest BCUT2D eigenvalue weighted by Crippen LogP contribution is 2.21. The molecule has 0 saturated carbocycles. The number of benzene rings is 3. The molecule has 49 heavy (non-hydrogen) atoms. The highest BCUT2D eigenvalue weighted by molar-refractivity contribution is 5.87. The number of carbonyl (C=O) groups excluding carboxylic acids is 3. The number of hydrogen-bond donors (Lipinski definition) is 4. The van der Waals surface area contributed by atoms with E-state index in [-0.39, 0.29) is 43.7 Å². The zero-order chi connectivity index (χ0) is 35.0. The number of halogens is 1. The maximum absolute atomic E-state index is 13.7. The molecule has 0 fully saturated rings. The van der Waals surface area contributed by atoms with Gasteiger partial charge in [-0.2, -0.15) is 0 Å². The van der Waals surface area contributed by atoms with Crippen molar-refractivity contribution in [2.45, 2.75) is 57.0 Å². The molecule has 0 radical (unpaired) electrons. The fourth-order valence-electron chi connectivity index (χ4n) is 5.92. The number of aromatic nitrogens is 1. The van der Waals surface area contributed by atoms with Crippen molar-refractivity contribution in [3.63, 3.8) is 0 Å². The Hall–Kier alpha value is -5.02. The predicted molar refractivity (Wildman–Crippen MR) is 190 cm³/mol. The van der Waals surface area contributed by atoms with Gasteiger partial charge in [0.2, 0.25) is 11.8 Å². The van der Waals surface area contributed by atoms with Crippen LogP contribution in [0.3, 0.4) is 0 Å². The minimum Gasteiger partial charge on any atom is -0.463 e. The number of para-hydroxylation sites is 1. The number of allylic oxidation sites excluding steroid dienone is 2. The molecule has 0 spiro atoms. The Labute approximate surface area is 287 Å². The van der Waals surface area contributed by atoms with Crippen molar-refractivity contribution in [3.05, 3.63) is 133 Å². The van der Waals surface area contributed by atoms with E-state index < -0.39 is 29.9 Å². The lowest BCUT2D eigenvalue weighted by molar-refractivity contribution is -0.150. The zero-order valence-electron chi connectivity index (χ0n) is 27.8. The molecule has 1 heterocycles. The molecule has 258 valence electrons. The zero-order valence-corrected chi connectivity index (χ0v) is 27.8. The van der Waals surface area contributed by atoms with Crippen LogP contribution in [-0.4, -0.2) is 53.2 Å². The van der Waals surface area contributed by atoms with Crippen LogP contribution < -0.4 is 10.6 Å². The number of carbonyl (C=O) groups is 3. The van der Waals surface area contributed by atoms with Crippen molar-refractivity contribution >= 4 is 28.7 Å². The van der Waals surface area contributed by atoms with Crippen molar-refractivity contribution in [1.82, 2.24) is 15.6 Å². The largest absolute Gasteiger partial charge is 0.463 e.